The average Bonchev–Trinajstić information content (AvgIpc) is 2.48. The predicted molar refractivity (Wildman–Crippen MR) is 79.5 cm³/mol. The summed E-state index contributed by atoms with van der Waals surface area (Å²) in [7, 11) is 0. The van der Waals surface area contributed by atoms with Crippen molar-refractivity contribution in [1.82, 2.24) is 4.98 Å². The van der Waals surface area contributed by atoms with Crippen molar-refractivity contribution in [1.29, 1.82) is 5.26 Å². The zero-order valence-electron chi connectivity index (χ0n) is 11.3. The van der Waals surface area contributed by atoms with Crippen molar-refractivity contribution >= 4 is 23.0 Å². The minimum atomic E-state index is -0.491. The Hall–Kier alpha value is -3.14. The summed E-state index contributed by atoms with van der Waals surface area (Å²) in [5, 5.41) is 25.7. The molecule has 1 aromatic carbocycles. The van der Waals surface area contributed by atoms with Crippen molar-refractivity contribution in [2.75, 3.05) is 17.2 Å². The summed E-state index contributed by atoms with van der Waals surface area (Å²) in [6.07, 6.45) is 0. The number of nitrogens with zero attached hydrogens (tertiary/aromatic N) is 3. The van der Waals surface area contributed by atoms with E-state index in [1.807, 2.05) is 13.0 Å². The molecule has 0 aliphatic heterocycles. The minimum absolute atomic E-state index is 0.110. The smallest absolute Gasteiger partial charge is 0.311 e. The minimum Gasteiger partial charge on any atom is -0.370 e. The molecule has 7 heteroatoms. The monoisotopic (exact) mass is 283 g/mol. The quantitative estimate of drug-likeness (QED) is 0.645. The van der Waals surface area contributed by atoms with Gasteiger partial charge in [0.25, 0.3) is 0 Å². The number of benzene rings is 1. The summed E-state index contributed by atoms with van der Waals surface area (Å²) in [6, 6.07) is 11.6. The molecule has 0 aliphatic carbocycles. The molecule has 0 saturated heterocycles. The van der Waals surface area contributed by atoms with E-state index in [2.05, 4.69) is 15.6 Å². The van der Waals surface area contributed by atoms with Crippen LogP contribution in [0.2, 0.25) is 0 Å². The van der Waals surface area contributed by atoms with Crippen molar-refractivity contribution in [3.8, 4) is 6.07 Å². The summed E-state index contributed by atoms with van der Waals surface area (Å²) in [4.78, 5) is 14.7. The van der Waals surface area contributed by atoms with E-state index in [9.17, 15) is 10.1 Å². The van der Waals surface area contributed by atoms with Crippen LogP contribution in [0.25, 0.3) is 0 Å². The number of aromatic nitrogens is 1. The molecule has 0 radical (unpaired) electrons. The van der Waals surface area contributed by atoms with E-state index in [-0.39, 0.29) is 11.5 Å². The van der Waals surface area contributed by atoms with Gasteiger partial charge in [0.2, 0.25) is 5.82 Å². The molecule has 2 aromatic rings. The van der Waals surface area contributed by atoms with E-state index in [0.717, 1.165) is 0 Å². The summed E-state index contributed by atoms with van der Waals surface area (Å²) in [5.41, 5.74) is 1.03. The van der Waals surface area contributed by atoms with Gasteiger partial charge in [-0.15, -0.1) is 0 Å². The summed E-state index contributed by atoms with van der Waals surface area (Å²) in [5.74, 6) is 0.711. The van der Waals surface area contributed by atoms with Crippen LogP contribution < -0.4 is 10.6 Å². The maximum Gasteiger partial charge on any atom is 0.311 e. The number of nitrogens with one attached hydrogen (secondary N) is 2. The zero-order valence-corrected chi connectivity index (χ0v) is 11.3. The normalized spacial score (nSPS) is 9.71. The number of hydrogen-bond acceptors (Lipinski definition) is 6. The van der Waals surface area contributed by atoms with Gasteiger partial charge in [-0.2, -0.15) is 5.26 Å². The Morgan fingerprint density at radius 2 is 2.00 bits per heavy atom. The molecule has 0 bridgehead atoms. The Bertz CT molecular complexity index is 692. The molecule has 0 aliphatic rings. The fourth-order valence-corrected chi connectivity index (χ4v) is 1.74. The van der Waals surface area contributed by atoms with E-state index in [4.69, 9.17) is 5.26 Å². The first-order chi connectivity index (χ1) is 10.1. The van der Waals surface area contributed by atoms with Gasteiger partial charge in [-0.25, -0.2) is 4.98 Å². The number of nitriles is 1. The second-order valence-electron chi connectivity index (χ2n) is 4.17. The molecule has 21 heavy (non-hydrogen) atoms. The Labute approximate surface area is 121 Å². The SMILES string of the molecule is CCNc1ccc([N+](=O)[O-])c(Nc2ccc(C#N)cc2)n1. The van der Waals surface area contributed by atoms with Crippen LogP contribution in [0.1, 0.15) is 12.5 Å². The van der Waals surface area contributed by atoms with Gasteiger partial charge in [0.1, 0.15) is 5.82 Å². The molecule has 2 N–H and O–H groups in total. The molecular weight excluding hydrogens is 270 g/mol. The maximum atomic E-state index is 11.0. The largest absolute Gasteiger partial charge is 0.370 e. The maximum absolute atomic E-state index is 11.0. The first kappa shape index (κ1) is 14.3. The Kier molecular flexibility index (Phi) is 4.31. The van der Waals surface area contributed by atoms with Crippen molar-refractivity contribution in [3.05, 3.63) is 52.1 Å². The lowest BCUT2D eigenvalue weighted by molar-refractivity contribution is -0.384. The van der Waals surface area contributed by atoms with Gasteiger partial charge in [-0.3, -0.25) is 10.1 Å². The second kappa shape index (κ2) is 6.34. The highest BCUT2D eigenvalue weighted by atomic mass is 16.6. The molecular formula is C14H13N5O2. The molecule has 0 spiro atoms. The molecule has 0 fully saturated rings. The number of hydrogen-bond donors (Lipinski definition) is 2. The van der Waals surface area contributed by atoms with Gasteiger partial charge < -0.3 is 10.6 Å². The average molecular weight is 283 g/mol. The first-order valence-corrected chi connectivity index (χ1v) is 6.30. The number of nitro groups is 1. The molecule has 1 heterocycles. The summed E-state index contributed by atoms with van der Waals surface area (Å²) >= 11 is 0. The third-order valence-electron chi connectivity index (χ3n) is 2.71. The van der Waals surface area contributed by atoms with Crippen LogP contribution in [0.3, 0.4) is 0 Å². The topological polar surface area (TPSA) is 104 Å². The third-order valence-corrected chi connectivity index (χ3v) is 2.71. The lowest BCUT2D eigenvalue weighted by atomic mass is 10.2. The highest BCUT2D eigenvalue weighted by Crippen LogP contribution is 2.27. The van der Waals surface area contributed by atoms with Crippen LogP contribution in [-0.2, 0) is 0 Å². The molecule has 0 saturated carbocycles. The molecule has 106 valence electrons. The summed E-state index contributed by atoms with van der Waals surface area (Å²) < 4.78 is 0. The predicted octanol–water partition coefficient (Wildman–Crippen LogP) is 3.04. The molecule has 7 nitrogen and oxygen atoms in total. The van der Waals surface area contributed by atoms with Gasteiger partial charge >= 0.3 is 5.69 Å². The highest BCUT2D eigenvalue weighted by Gasteiger charge is 2.16. The highest BCUT2D eigenvalue weighted by molar-refractivity contribution is 5.68. The molecule has 0 amide bonds. The van der Waals surface area contributed by atoms with Gasteiger partial charge in [0, 0.05) is 18.3 Å². The van der Waals surface area contributed by atoms with E-state index in [1.54, 1.807) is 30.3 Å². The van der Waals surface area contributed by atoms with Gasteiger partial charge in [-0.05, 0) is 37.3 Å². The lowest BCUT2D eigenvalue weighted by Gasteiger charge is -2.09. The standard InChI is InChI=1S/C14H13N5O2/c1-2-16-13-8-7-12(19(20)21)14(18-13)17-11-5-3-10(9-15)4-6-11/h3-8H,2H2,1H3,(H2,16,17,18). The molecule has 0 atom stereocenters. The van der Waals surface area contributed by atoms with Crippen LogP contribution >= 0.6 is 0 Å². The number of rotatable bonds is 5. The fraction of sp³-hybridized carbons (Fsp3) is 0.143. The van der Waals surface area contributed by atoms with Crippen LogP contribution in [0.15, 0.2) is 36.4 Å². The van der Waals surface area contributed by atoms with Crippen LogP contribution in [0, 0.1) is 21.4 Å². The third kappa shape index (κ3) is 3.45. The second-order valence-corrected chi connectivity index (χ2v) is 4.17. The zero-order chi connectivity index (χ0) is 15.2. The Balaban J connectivity index is 2.33. The van der Waals surface area contributed by atoms with Crippen LogP contribution in [0.5, 0.6) is 0 Å². The van der Waals surface area contributed by atoms with E-state index in [0.29, 0.717) is 23.6 Å². The van der Waals surface area contributed by atoms with Crippen molar-refractivity contribution in [2.45, 2.75) is 6.92 Å². The number of pyridine rings is 1. The number of anilines is 3. The van der Waals surface area contributed by atoms with E-state index in [1.165, 1.54) is 6.07 Å². The van der Waals surface area contributed by atoms with Crippen molar-refractivity contribution in [2.24, 2.45) is 0 Å². The Morgan fingerprint density at radius 3 is 2.57 bits per heavy atom. The van der Waals surface area contributed by atoms with Gasteiger partial charge in [0.15, 0.2) is 0 Å². The first-order valence-electron chi connectivity index (χ1n) is 6.30. The van der Waals surface area contributed by atoms with E-state index >= 15 is 0 Å². The lowest BCUT2D eigenvalue weighted by Crippen LogP contribution is -2.04. The fourth-order valence-electron chi connectivity index (χ4n) is 1.74. The molecule has 0 unspecified atom stereocenters. The van der Waals surface area contributed by atoms with Crippen molar-refractivity contribution in [3.63, 3.8) is 0 Å². The van der Waals surface area contributed by atoms with E-state index < -0.39 is 4.92 Å². The van der Waals surface area contributed by atoms with Crippen molar-refractivity contribution < 1.29 is 4.92 Å². The van der Waals surface area contributed by atoms with Gasteiger partial charge in [0.05, 0.1) is 16.6 Å². The molecule has 1 aromatic heterocycles. The van der Waals surface area contributed by atoms with Gasteiger partial charge in [-0.1, -0.05) is 0 Å². The summed E-state index contributed by atoms with van der Waals surface area (Å²) in [6.45, 7) is 2.58. The van der Waals surface area contributed by atoms with Crippen LogP contribution in [0.4, 0.5) is 23.0 Å². The van der Waals surface area contributed by atoms with Crippen LogP contribution in [-0.4, -0.2) is 16.5 Å². The molecule has 2 rings (SSSR count). The Morgan fingerprint density at radius 1 is 1.29 bits per heavy atom.